The van der Waals surface area contributed by atoms with Gasteiger partial charge in [0.2, 0.25) is 0 Å². The molecule has 2 heterocycles. The quantitative estimate of drug-likeness (QED) is 0.842. The average molecular weight is 278 g/mol. The van der Waals surface area contributed by atoms with Crippen molar-refractivity contribution in [2.75, 3.05) is 25.0 Å². The molecule has 1 aromatic rings. The Balaban J connectivity index is 1.91. The van der Waals surface area contributed by atoms with Crippen LogP contribution >= 0.6 is 0 Å². The highest BCUT2D eigenvalue weighted by Gasteiger charge is 2.29. The van der Waals surface area contributed by atoms with E-state index in [1.54, 1.807) is 11.8 Å². The Bertz CT molecular complexity index is 466. The van der Waals surface area contributed by atoms with Crippen LogP contribution in [0.3, 0.4) is 0 Å². The topological polar surface area (TPSA) is 84.4 Å². The fourth-order valence-corrected chi connectivity index (χ4v) is 2.17. The summed E-state index contributed by atoms with van der Waals surface area (Å²) in [5, 5.41) is 2.66. The van der Waals surface area contributed by atoms with Gasteiger partial charge in [0.15, 0.2) is 5.82 Å². The molecule has 1 N–H and O–H groups in total. The molecule has 1 saturated heterocycles. The number of aromatic nitrogens is 2. The van der Waals surface area contributed by atoms with Crippen LogP contribution in [-0.4, -0.2) is 46.6 Å². The number of carbonyl (C=O) groups is 2. The van der Waals surface area contributed by atoms with Crippen LogP contribution in [0.2, 0.25) is 0 Å². The third-order valence-electron chi connectivity index (χ3n) is 3.13. The van der Waals surface area contributed by atoms with Gasteiger partial charge in [0.1, 0.15) is 0 Å². The summed E-state index contributed by atoms with van der Waals surface area (Å²) >= 11 is 0. The van der Waals surface area contributed by atoms with Crippen molar-refractivity contribution in [2.45, 2.75) is 19.8 Å². The Hall–Kier alpha value is -2.18. The van der Waals surface area contributed by atoms with Gasteiger partial charge in [-0.05, 0) is 19.8 Å². The molecule has 0 radical (unpaired) electrons. The zero-order valence-corrected chi connectivity index (χ0v) is 11.4. The van der Waals surface area contributed by atoms with Gasteiger partial charge in [-0.15, -0.1) is 0 Å². The second-order valence-electron chi connectivity index (χ2n) is 4.56. The first kappa shape index (κ1) is 14.2. The van der Waals surface area contributed by atoms with Crippen molar-refractivity contribution >= 4 is 17.8 Å². The monoisotopic (exact) mass is 278 g/mol. The van der Waals surface area contributed by atoms with Crippen molar-refractivity contribution in [3.63, 3.8) is 0 Å². The third-order valence-corrected chi connectivity index (χ3v) is 3.13. The van der Waals surface area contributed by atoms with E-state index in [0.29, 0.717) is 25.5 Å². The second kappa shape index (κ2) is 6.83. The van der Waals surface area contributed by atoms with Gasteiger partial charge in [0.25, 0.3) is 0 Å². The summed E-state index contributed by atoms with van der Waals surface area (Å²) in [6, 6.07) is -0.264. The van der Waals surface area contributed by atoms with E-state index in [9.17, 15) is 9.59 Å². The van der Waals surface area contributed by atoms with Crippen LogP contribution in [0.25, 0.3) is 0 Å². The van der Waals surface area contributed by atoms with Gasteiger partial charge in [0.05, 0.1) is 18.7 Å². The molecule has 0 aliphatic carbocycles. The molecule has 108 valence electrons. The van der Waals surface area contributed by atoms with Crippen molar-refractivity contribution in [3.05, 3.63) is 18.6 Å². The number of piperidine rings is 1. The van der Waals surface area contributed by atoms with Gasteiger partial charge < -0.3 is 9.64 Å². The predicted octanol–water partition coefficient (Wildman–Crippen LogP) is 1.28. The van der Waals surface area contributed by atoms with Crippen LogP contribution in [0.4, 0.5) is 10.6 Å². The standard InChI is InChI=1S/C13H18N4O3/c1-2-20-12(18)10-4-3-7-17(9-10)13(19)16-11-8-14-5-6-15-11/h5-6,8,10H,2-4,7,9H2,1H3,(H,15,16,19). The maximum absolute atomic E-state index is 12.1. The summed E-state index contributed by atoms with van der Waals surface area (Å²) in [4.78, 5) is 33.3. The van der Waals surface area contributed by atoms with Crippen molar-refractivity contribution < 1.29 is 14.3 Å². The average Bonchev–Trinajstić information content (AvgIpc) is 2.48. The Morgan fingerprint density at radius 3 is 3.05 bits per heavy atom. The molecule has 7 nitrogen and oxygen atoms in total. The number of rotatable bonds is 3. The lowest BCUT2D eigenvalue weighted by Gasteiger charge is -2.31. The first-order chi connectivity index (χ1) is 9.70. The molecule has 1 unspecified atom stereocenters. The van der Waals surface area contributed by atoms with Gasteiger partial charge in [-0.2, -0.15) is 0 Å². The van der Waals surface area contributed by atoms with Crippen LogP contribution in [0.5, 0.6) is 0 Å². The predicted molar refractivity (Wildman–Crippen MR) is 72.0 cm³/mol. The summed E-state index contributed by atoms with van der Waals surface area (Å²) in [5.74, 6) is -0.0726. The van der Waals surface area contributed by atoms with E-state index in [2.05, 4.69) is 15.3 Å². The van der Waals surface area contributed by atoms with Crippen LogP contribution in [-0.2, 0) is 9.53 Å². The van der Waals surface area contributed by atoms with E-state index in [0.717, 1.165) is 12.8 Å². The maximum atomic E-state index is 12.1. The number of nitrogens with one attached hydrogen (secondary N) is 1. The van der Waals surface area contributed by atoms with Crippen molar-refractivity contribution in [1.29, 1.82) is 0 Å². The first-order valence-corrected chi connectivity index (χ1v) is 6.69. The van der Waals surface area contributed by atoms with Gasteiger partial charge in [-0.25, -0.2) is 9.78 Å². The van der Waals surface area contributed by atoms with E-state index in [1.807, 2.05) is 0 Å². The fourth-order valence-electron chi connectivity index (χ4n) is 2.17. The molecule has 0 aromatic carbocycles. The molecule has 0 saturated carbocycles. The highest BCUT2D eigenvalue weighted by Crippen LogP contribution is 2.18. The summed E-state index contributed by atoms with van der Waals surface area (Å²) in [7, 11) is 0. The molecule has 2 amide bonds. The van der Waals surface area contributed by atoms with Crippen LogP contribution in [0.1, 0.15) is 19.8 Å². The Labute approximate surface area is 117 Å². The number of carbonyl (C=O) groups excluding carboxylic acids is 2. The van der Waals surface area contributed by atoms with E-state index < -0.39 is 0 Å². The molecule has 0 bridgehead atoms. The van der Waals surface area contributed by atoms with Crippen LogP contribution < -0.4 is 5.32 Å². The van der Waals surface area contributed by atoms with Crippen molar-refractivity contribution in [2.24, 2.45) is 5.92 Å². The summed E-state index contributed by atoms with van der Waals surface area (Å²) < 4.78 is 5.01. The van der Waals surface area contributed by atoms with Crippen LogP contribution in [0.15, 0.2) is 18.6 Å². The molecule has 0 spiro atoms. The SMILES string of the molecule is CCOC(=O)C1CCCN(C(=O)Nc2cnccn2)C1. The van der Waals surface area contributed by atoms with Gasteiger partial charge in [-0.3, -0.25) is 15.1 Å². The smallest absolute Gasteiger partial charge is 0.323 e. The Morgan fingerprint density at radius 2 is 2.35 bits per heavy atom. The van der Waals surface area contributed by atoms with Gasteiger partial charge >= 0.3 is 12.0 Å². The lowest BCUT2D eigenvalue weighted by molar-refractivity contribution is -0.149. The van der Waals surface area contributed by atoms with Gasteiger partial charge in [-0.1, -0.05) is 0 Å². The lowest BCUT2D eigenvalue weighted by atomic mass is 9.98. The number of nitrogens with zero attached hydrogens (tertiary/aromatic N) is 3. The first-order valence-electron chi connectivity index (χ1n) is 6.69. The molecular weight excluding hydrogens is 260 g/mol. The molecule has 1 fully saturated rings. The summed E-state index contributed by atoms with van der Waals surface area (Å²) in [6.07, 6.45) is 6.07. The molecule has 1 aliphatic heterocycles. The van der Waals surface area contributed by atoms with E-state index in [4.69, 9.17) is 4.74 Å². The number of amides is 2. The minimum Gasteiger partial charge on any atom is -0.466 e. The third kappa shape index (κ3) is 3.66. The largest absolute Gasteiger partial charge is 0.466 e. The molecular formula is C13H18N4O3. The minimum atomic E-state index is -0.264. The zero-order chi connectivity index (χ0) is 14.4. The molecule has 1 aromatic heterocycles. The number of anilines is 1. The second-order valence-corrected chi connectivity index (χ2v) is 4.56. The summed E-state index contributed by atoms with van der Waals surface area (Å²) in [5.41, 5.74) is 0. The van der Waals surface area contributed by atoms with Crippen molar-refractivity contribution in [3.8, 4) is 0 Å². The Morgan fingerprint density at radius 1 is 1.50 bits per heavy atom. The fraction of sp³-hybridized carbons (Fsp3) is 0.538. The maximum Gasteiger partial charge on any atom is 0.323 e. The number of likely N-dealkylation sites (tertiary alicyclic amines) is 1. The number of ether oxygens (including phenoxy) is 1. The number of esters is 1. The molecule has 20 heavy (non-hydrogen) atoms. The van der Waals surface area contributed by atoms with E-state index in [-0.39, 0.29) is 17.9 Å². The van der Waals surface area contributed by atoms with E-state index in [1.165, 1.54) is 18.6 Å². The number of hydrogen-bond acceptors (Lipinski definition) is 5. The van der Waals surface area contributed by atoms with Gasteiger partial charge in [0, 0.05) is 25.5 Å². The van der Waals surface area contributed by atoms with Crippen molar-refractivity contribution in [1.82, 2.24) is 14.9 Å². The lowest BCUT2D eigenvalue weighted by Crippen LogP contribution is -2.44. The molecule has 2 rings (SSSR count). The normalized spacial score (nSPS) is 18.4. The highest BCUT2D eigenvalue weighted by atomic mass is 16.5. The molecule has 7 heteroatoms. The molecule has 1 atom stereocenters. The Kier molecular flexibility index (Phi) is 4.86. The molecule has 1 aliphatic rings. The zero-order valence-electron chi connectivity index (χ0n) is 11.4. The van der Waals surface area contributed by atoms with Crippen LogP contribution in [0, 0.1) is 5.92 Å². The number of hydrogen-bond donors (Lipinski definition) is 1. The highest BCUT2D eigenvalue weighted by molar-refractivity contribution is 5.88. The number of urea groups is 1. The summed E-state index contributed by atoms with van der Waals surface area (Å²) in [6.45, 7) is 3.15. The van der Waals surface area contributed by atoms with E-state index >= 15 is 0 Å². The minimum absolute atomic E-state index is 0.232.